The van der Waals surface area contributed by atoms with Crippen molar-refractivity contribution in [1.29, 1.82) is 0 Å². The molecule has 1 heterocycles. The minimum Gasteiger partial charge on any atom is -0.478 e. The molecule has 0 spiro atoms. The summed E-state index contributed by atoms with van der Waals surface area (Å²) in [4.78, 5) is 16.1. The van der Waals surface area contributed by atoms with Gasteiger partial charge in [0.15, 0.2) is 0 Å². The number of pyridine rings is 1. The molecule has 2 rings (SSSR count). The van der Waals surface area contributed by atoms with Crippen molar-refractivity contribution in [2.24, 2.45) is 0 Å². The van der Waals surface area contributed by atoms with Crippen LogP contribution in [0.15, 0.2) is 45.9 Å². The van der Waals surface area contributed by atoms with E-state index in [4.69, 9.17) is 10.8 Å². The first kappa shape index (κ1) is 13.9. The summed E-state index contributed by atoms with van der Waals surface area (Å²) < 4.78 is 0.934. The van der Waals surface area contributed by atoms with Gasteiger partial charge >= 0.3 is 5.97 Å². The maximum Gasteiger partial charge on any atom is 0.337 e. The average molecular weight is 339 g/mol. The molecule has 0 fully saturated rings. The lowest BCUT2D eigenvalue weighted by molar-refractivity contribution is 0.0695. The summed E-state index contributed by atoms with van der Waals surface area (Å²) in [7, 11) is 0. The van der Waals surface area contributed by atoms with Gasteiger partial charge < -0.3 is 10.8 Å². The maximum atomic E-state index is 11.1. The zero-order chi connectivity index (χ0) is 13.8. The van der Waals surface area contributed by atoms with Gasteiger partial charge in [0, 0.05) is 27.0 Å². The number of aromatic nitrogens is 1. The molecule has 0 bridgehead atoms. The van der Waals surface area contributed by atoms with Crippen molar-refractivity contribution in [3.8, 4) is 0 Å². The fourth-order valence-corrected chi connectivity index (χ4v) is 3.01. The summed E-state index contributed by atoms with van der Waals surface area (Å²) >= 11 is 4.85. The van der Waals surface area contributed by atoms with Crippen LogP contribution in [0.4, 0.5) is 5.69 Å². The van der Waals surface area contributed by atoms with Crippen molar-refractivity contribution in [2.75, 3.05) is 5.73 Å². The van der Waals surface area contributed by atoms with Crippen LogP contribution < -0.4 is 5.73 Å². The highest BCUT2D eigenvalue weighted by atomic mass is 79.9. The van der Waals surface area contributed by atoms with E-state index in [0.717, 1.165) is 9.37 Å². The molecule has 4 nitrogen and oxygen atoms in total. The Kier molecular flexibility index (Phi) is 4.44. The molecular weight excluding hydrogens is 328 g/mol. The first-order chi connectivity index (χ1) is 9.08. The van der Waals surface area contributed by atoms with Gasteiger partial charge in [0.1, 0.15) is 0 Å². The van der Waals surface area contributed by atoms with Crippen LogP contribution in [0.25, 0.3) is 0 Å². The van der Waals surface area contributed by atoms with E-state index in [1.807, 2.05) is 18.2 Å². The van der Waals surface area contributed by atoms with Crippen molar-refractivity contribution in [1.82, 2.24) is 4.98 Å². The first-order valence-electron chi connectivity index (χ1n) is 5.43. The Bertz CT molecular complexity index is 619. The van der Waals surface area contributed by atoms with E-state index in [2.05, 4.69) is 20.9 Å². The minimum atomic E-state index is -0.967. The molecule has 0 atom stereocenters. The molecule has 0 radical (unpaired) electrons. The van der Waals surface area contributed by atoms with Gasteiger partial charge in [0.2, 0.25) is 0 Å². The topological polar surface area (TPSA) is 76.2 Å². The molecule has 1 aromatic carbocycles. The Labute approximate surface area is 123 Å². The summed E-state index contributed by atoms with van der Waals surface area (Å²) in [6.45, 7) is 0. The third kappa shape index (κ3) is 3.48. The number of thioether (sulfide) groups is 1. The van der Waals surface area contributed by atoms with Gasteiger partial charge in [-0.15, -0.1) is 11.8 Å². The zero-order valence-corrected chi connectivity index (χ0v) is 12.2. The standard InChI is InChI=1S/C13H11BrN2O2S/c14-8-3-4-10(15)12(6-8)19-7-11-9(13(17)18)2-1-5-16-11/h1-6H,7,15H2,(H,17,18). The van der Waals surface area contributed by atoms with E-state index in [1.54, 1.807) is 18.3 Å². The molecule has 0 aliphatic heterocycles. The predicted molar refractivity (Wildman–Crippen MR) is 79.3 cm³/mol. The van der Waals surface area contributed by atoms with Crippen molar-refractivity contribution >= 4 is 39.3 Å². The van der Waals surface area contributed by atoms with Crippen LogP contribution in [0.1, 0.15) is 16.1 Å². The maximum absolute atomic E-state index is 11.1. The molecule has 3 N–H and O–H groups in total. The molecule has 0 saturated heterocycles. The number of hydrogen-bond donors (Lipinski definition) is 2. The van der Waals surface area contributed by atoms with Crippen LogP contribution in [0, 0.1) is 0 Å². The summed E-state index contributed by atoms with van der Waals surface area (Å²) in [5.74, 6) is -0.505. The Morgan fingerprint density at radius 1 is 1.42 bits per heavy atom. The van der Waals surface area contributed by atoms with Gasteiger partial charge in [-0.25, -0.2) is 4.79 Å². The number of nitrogen functional groups attached to an aromatic ring is 1. The van der Waals surface area contributed by atoms with E-state index >= 15 is 0 Å². The molecule has 0 unspecified atom stereocenters. The molecule has 0 saturated carbocycles. The highest BCUT2D eigenvalue weighted by Gasteiger charge is 2.11. The number of nitrogens with zero attached hydrogens (tertiary/aromatic N) is 1. The van der Waals surface area contributed by atoms with Crippen LogP contribution in [0.5, 0.6) is 0 Å². The number of rotatable bonds is 4. The lowest BCUT2D eigenvalue weighted by Crippen LogP contribution is -2.03. The van der Waals surface area contributed by atoms with E-state index in [0.29, 0.717) is 17.1 Å². The number of anilines is 1. The fourth-order valence-electron chi connectivity index (χ4n) is 1.53. The number of carboxylic acids is 1. The molecule has 1 aromatic heterocycles. The van der Waals surface area contributed by atoms with Crippen LogP contribution in [0.3, 0.4) is 0 Å². The second-order valence-electron chi connectivity index (χ2n) is 3.77. The van der Waals surface area contributed by atoms with Crippen LogP contribution in [0.2, 0.25) is 0 Å². The number of halogens is 1. The smallest absolute Gasteiger partial charge is 0.337 e. The van der Waals surface area contributed by atoms with E-state index in [1.165, 1.54) is 11.8 Å². The van der Waals surface area contributed by atoms with Gasteiger partial charge in [-0.3, -0.25) is 4.98 Å². The number of aromatic carboxylic acids is 1. The van der Waals surface area contributed by atoms with Crippen LogP contribution in [-0.4, -0.2) is 16.1 Å². The lowest BCUT2D eigenvalue weighted by atomic mass is 10.2. The Morgan fingerprint density at radius 3 is 2.95 bits per heavy atom. The third-order valence-corrected chi connectivity index (χ3v) is 4.04. The largest absolute Gasteiger partial charge is 0.478 e. The molecule has 98 valence electrons. The lowest BCUT2D eigenvalue weighted by Gasteiger charge is -2.07. The van der Waals surface area contributed by atoms with Crippen LogP contribution in [-0.2, 0) is 5.75 Å². The fraction of sp³-hybridized carbons (Fsp3) is 0.0769. The number of carboxylic acid groups (broad SMARTS) is 1. The number of nitrogens with two attached hydrogens (primary N) is 1. The van der Waals surface area contributed by atoms with Crippen molar-refractivity contribution in [2.45, 2.75) is 10.6 Å². The van der Waals surface area contributed by atoms with Gasteiger partial charge in [0.05, 0.1) is 11.3 Å². The van der Waals surface area contributed by atoms with Crippen molar-refractivity contribution < 1.29 is 9.90 Å². The van der Waals surface area contributed by atoms with E-state index in [-0.39, 0.29) is 5.56 Å². The number of benzene rings is 1. The number of carbonyl (C=O) groups is 1. The second kappa shape index (κ2) is 6.08. The summed E-state index contributed by atoms with van der Waals surface area (Å²) in [6, 6.07) is 8.75. The molecule has 0 amide bonds. The Balaban J connectivity index is 2.19. The molecular formula is C13H11BrN2O2S. The van der Waals surface area contributed by atoms with E-state index < -0.39 is 5.97 Å². The first-order valence-corrected chi connectivity index (χ1v) is 7.21. The van der Waals surface area contributed by atoms with Gasteiger partial charge in [-0.05, 0) is 30.3 Å². The predicted octanol–water partition coefficient (Wildman–Crippen LogP) is 3.42. The summed E-state index contributed by atoms with van der Waals surface area (Å²) in [5, 5.41) is 9.08. The summed E-state index contributed by atoms with van der Waals surface area (Å²) in [6.07, 6.45) is 1.59. The quantitative estimate of drug-likeness (QED) is 0.659. The third-order valence-electron chi connectivity index (χ3n) is 2.46. The molecule has 19 heavy (non-hydrogen) atoms. The normalized spacial score (nSPS) is 10.4. The second-order valence-corrected chi connectivity index (χ2v) is 5.71. The zero-order valence-electron chi connectivity index (χ0n) is 9.84. The number of hydrogen-bond acceptors (Lipinski definition) is 4. The molecule has 0 aliphatic rings. The summed E-state index contributed by atoms with van der Waals surface area (Å²) in [5.41, 5.74) is 7.31. The highest BCUT2D eigenvalue weighted by molar-refractivity contribution is 9.10. The van der Waals surface area contributed by atoms with Gasteiger partial charge in [-0.1, -0.05) is 15.9 Å². The average Bonchev–Trinajstić information content (AvgIpc) is 2.40. The van der Waals surface area contributed by atoms with Gasteiger partial charge in [0.25, 0.3) is 0 Å². The van der Waals surface area contributed by atoms with Crippen LogP contribution >= 0.6 is 27.7 Å². The van der Waals surface area contributed by atoms with Crippen molar-refractivity contribution in [3.05, 3.63) is 52.3 Å². The Morgan fingerprint density at radius 2 is 2.21 bits per heavy atom. The van der Waals surface area contributed by atoms with E-state index in [9.17, 15) is 4.79 Å². The molecule has 2 aromatic rings. The monoisotopic (exact) mass is 338 g/mol. The molecule has 6 heteroatoms. The molecule has 0 aliphatic carbocycles. The van der Waals surface area contributed by atoms with Crippen molar-refractivity contribution in [3.63, 3.8) is 0 Å². The highest BCUT2D eigenvalue weighted by Crippen LogP contribution is 2.30. The Hall–Kier alpha value is -1.53. The SMILES string of the molecule is Nc1ccc(Br)cc1SCc1ncccc1C(=O)O. The minimum absolute atomic E-state index is 0.226. The van der Waals surface area contributed by atoms with Gasteiger partial charge in [-0.2, -0.15) is 0 Å².